The van der Waals surface area contributed by atoms with Crippen molar-refractivity contribution in [2.75, 3.05) is 0 Å². The standard InChI is InChI=1S/C12H7ClFNO3/c13-9-3-1-7(5-10(9)14)18-8-2-4-11(12(16)17)15-6-8/h1-6H,(H,16,17). The summed E-state index contributed by atoms with van der Waals surface area (Å²) >= 11 is 5.53. The highest BCUT2D eigenvalue weighted by Gasteiger charge is 2.06. The van der Waals surface area contributed by atoms with Crippen LogP contribution in [0.3, 0.4) is 0 Å². The number of hydrogen-bond acceptors (Lipinski definition) is 3. The Kier molecular flexibility index (Phi) is 3.43. The molecule has 0 fully saturated rings. The van der Waals surface area contributed by atoms with Crippen molar-refractivity contribution in [3.05, 3.63) is 53.1 Å². The molecule has 0 bridgehead atoms. The molecule has 0 aliphatic heterocycles. The first-order chi connectivity index (χ1) is 8.56. The molecule has 1 aromatic carbocycles. The number of aromatic nitrogens is 1. The second-order valence-electron chi connectivity index (χ2n) is 3.36. The number of halogens is 2. The predicted octanol–water partition coefficient (Wildman–Crippen LogP) is 3.36. The van der Waals surface area contributed by atoms with Gasteiger partial charge in [-0.25, -0.2) is 14.2 Å². The molecule has 0 amide bonds. The Bertz CT molecular complexity index is 586. The largest absolute Gasteiger partial charge is 0.477 e. The van der Waals surface area contributed by atoms with Crippen molar-refractivity contribution in [3.8, 4) is 11.5 Å². The number of ether oxygens (including phenoxy) is 1. The van der Waals surface area contributed by atoms with Crippen molar-refractivity contribution in [1.29, 1.82) is 0 Å². The molecule has 2 aromatic rings. The van der Waals surface area contributed by atoms with Crippen molar-refractivity contribution in [2.24, 2.45) is 0 Å². The van der Waals surface area contributed by atoms with Crippen molar-refractivity contribution >= 4 is 17.6 Å². The lowest BCUT2D eigenvalue weighted by Crippen LogP contribution is -1.99. The Morgan fingerprint density at radius 2 is 2.00 bits per heavy atom. The van der Waals surface area contributed by atoms with Gasteiger partial charge in [0.2, 0.25) is 0 Å². The van der Waals surface area contributed by atoms with Crippen molar-refractivity contribution in [3.63, 3.8) is 0 Å². The second-order valence-corrected chi connectivity index (χ2v) is 3.77. The first-order valence-corrected chi connectivity index (χ1v) is 5.26. The van der Waals surface area contributed by atoms with E-state index in [1.807, 2.05) is 0 Å². The fourth-order valence-electron chi connectivity index (χ4n) is 1.24. The third-order valence-electron chi connectivity index (χ3n) is 2.08. The molecule has 0 radical (unpaired) electrons. The van der Waals surface area contributed by atoms with E-state index in [2.05, 4.69) is 4.98 Å². The van der Waals surface area contributed by atoms with Gasteiger partial charge < -0.3 is 9.84 Å². The summed E-state index contributed by atoms with van der Waals surface area (Å²) in [7, 11) is 0. The van der Waals surface area contributed by atoms with Crippen LogP contribution in [0.1, 0.15) is 10.5 Å². The van der Waals surface area contributed by atoms with Crippen molar-refractivity contribution < 1.29 is 19.0 Å². The summed E-state index contributed by atoms with van der Waals surface area (Å²) < 4.78 is 18.4. The van der Waals surface area contributed by atoms with Crippen LogP contribution in [0, 0.1) is 5.82 Å². The molecule has 0 aliphatic carbocycles. The van der Waals surface area contributed by atoms with E-state index in [0.29, 0.717) is 5.75 Å². The minimum Gasteiger partial charge on any atom is -0.477 e. The van der Waals surface area contributed by atoms with E-state index in [9.17, 15) is 9.18 Å². The number of aromatic carboxylic acids is 1. The highest BCUT2D eigenvalue weighted by Crippen LogP contribution is 2.24. The third kappa shape index (κ3) is 2.75. The molecule has 92 valence electrons. The van der Waals surface area contributed by atoms with E-state index in [1.165, 1.54) is 30.5 Å². The van der Waals surface area contributed by atoms with Gasteiger partial charge in [0, 0.05) is 6.07 Å². The molecule has 0 saturated heterocycles. The Morgan fingerprint density at radius 3 is 2.56 bits per heavy atom. The van der Waals surface area contributed by atoms with Crippen LogP contribution in [0.4, 0.5) is 4.39 Å². The Balaban J connectivity index is 2.18. The molecule has 2 rings (SSSR count). The van der Waals surface area contributed by atoms with Gasteiger partial charge in [-0.1, -0.05) is 11.6 Å². The van der Waals surface area contributed by atoms with Gasteiger partial charge in [0.1, 0.15) is 23.0 Å². The number of carbonyl (C=O) groups is 1. The third-order valence-corrected chi connectivity index (χ3v) is 2.39. The summed E-state index contributed by atoms with van der Waals surface area (Å²) in [6.07, 6.45) is 1.25. The Labute approximate surface area is 107 Å². The van der Waals surface area contributed by atoms with Gasteiger partial charge >= 0.3 is 5.97 Å². The number of nitrogens with zero attached hydrogens (tertiary/aromatic N) is 1. The van der Waals surface area contributed by atoms with Crippen LogP contribution in [0.25, 0.3) is 0 Å². The fraction of sp³-hybridized carbons (Fsp3) is 0. The molecule has 18 heavy (non-hydrogen) atoms. The van der Waals surface area contributed by atoms with Gasteiger partial charge in [0.05, 0.1) is 11.2 Å². The van der Waals surface area contributed by atoms with Gasteiger partial charge in [-0.3, -0.25) is 0 Å². The smallest absolute Gasteiger partial charge is 0.354 e. The molecular weight excluding hydrogens is 261 g/mol. The molecule has 4 nitrogen and oxygen atoms in total. The van der Waals surface area contributed by atoms with E-state index < -0.39 is 11.8 Å². The maximum Gasteiger partial charge on any atom is 0.354 e. The lowest BCUT2D eigenvalue weighted by atomic mass is 10.3. The SMILES string of the molecule is O=C(O)c1ccc(Oc2ccc(Cl)c(F)c2)cn1. The van der Waals surface area contributed by atoms with E-state index in [-0.39, 0.29) is 16.5 Å². The summed E-state index contributed by atoms with van der Waals surface area (Å²) in [5.41, 5.74) is -0.0929. The highest BCUT2D eigenvalue weighted by molar-refractivity contribution is 6.30. The van der Waals surface area contributed by atoms with Crippen LogP contribution in [-0.2, 0) is 0 Å². The highest BCUT2D eigenvalue weighted by atomic mass is 35.5. The summed E-state index contributed by atoms with van der Waals surface area (Å²) in [5.74, 6) is -1.16. The van der Waals surface area contributed by atoms with Crippen molar-refractivity contribution in [2.45, 2.75) is 0 Å². The maximum atomic E-state index is 13.1. The van der Waals surface area contributed by atoms with E-state index in [4.69, 9.17) is 21.4 Å². The van der Waals surface area contributed by atoms with Crippen molar-refractivity contribution in [1.82, 2.24) is 4.98 Å². The molecule has 0 spiro atoms. The van der Waals surface area contributed by atoms with E-state index in [1.54, 1.807) is 0 Å². The molecular formula is C12H7ClFNO3. The van der Waals surface area contributed by atoms with Crippen LogP contribution in [0.15, 0.2) is 36.5 Å². The summed E-state index contributed by atoms with van der Waals surface area (Å²) in [6, 6.07) is 6.72. The second kappa shape index (κ2) is 5.01. The topological polar surface area (TPSA) is 59.4 Å². The van der Waals surface area contributed by atoms with Crippen LogP contribution in [0.2, 0.25) is 5.02 Å². The lowest BCUT2D eigenvalue weighted by molar-refractivity contribution is 0.0690. The zero-order valence-corrected chi connectivity index (χ0v) is 9.69. The van der Waals surface area contributed by atoms with Gasteiger partial charge in [0.15, 0.2) is 0 Å². The van der Waals surface area contributed by atoms with Crippen LogP contribution in [0.5, 0.6) is 11.5 Å². The summed E-state index contributed by atoms with van der Waals surface area (Å²) in [6.45, 7) is 0. The normalized spacial score (nSPS) is 10.1. The van der Waals surface area contributed by atoms with E-state index >= 15 is 0 Å². The molecule has 1 N–H and O–H groups in total. The Hall–Kier alpha value is -2.14. The molecule has 6 heteroatoms. The number of carboxylic acid groups (broad SMARTS) is 1. The van der Waals surface area contributed by atoms with Crippen LogP contribution < -0.4 is 4.74 Å². The first-order valence-electron chi connectivity index (χ1n) is 4.88. The number of hydrogen-bond donors (Lipinski definition) is 1. The quantitative estimate of drug-likeness (QED) is 0.926. The summed E-state index contributed by atoms with van der Waals surface area (Å²) in [5, 5.41) is 8.67. The van der Waals surface area contributed by atoms with Crippen LogP contribution >= 0.6 is 11.6 Å². The lowest BCUT2D eigenvalue weighted by Gasteiger charge is -2.05. The average Bonchev–Trinajstić information content (AvgIpc) is 2.34. The number of pyridine rings is 1. The Morgan fingerprint density at radius 1 is 1.28 bits per heavy atom. The predicted molar refractivity (Wildman–Crippen MR) is 62.7 cm³/mol. The minimum atomic E-state index is -1.13. The molecule has 1 heterocycles. The number of benzene rings is 1. The molecule has 0 aliphatic rings. The first kappa shape index (κ1) is 12.3. The molecule has 1 aromatic heterocycles. The molecule has 0 atom stereocenters. The van der Waals surface area contributed by atoms with Gasteiger partial charge in [-0.15, -0.1) is 0 Å². The molecule has 0 saturated carbocycles. The summed E-state index contributed by atoms with van der Waals surface area (Å²) in [4.78, 5) is 14.3. The van der Waals surface area contributed by atoms with Gasteiger partial charge in [0.25, 0.3) is 0 Å². The van der Waals surface area contributed by atoms with Crippen LogP contribution in [-0.4, -0.2) is 16.1 Å². The zero-order chi connectivity index (χ0) is 13.1. The van der Waals surface area contributed by atoms with Gasteiger partial charge in [-0.2, -0.15) is 0 Å². The average molecular weight is 268 g/mol. The maximum absolute atomic E-state index is 13.1. The monoisotopic (exact) mass is 267 g/mol. The minimum absolute atomic E-state index is 0.00157. The zero-order valence-electron chi connectivity index (χ0n) is 8.93. The van der Waals surface area contributed by atoms with E-state index in [0.717, 1.165) is 6.07 Å². The molecule has 0 unspecified atom stereocenters. The fourth-order valence-corrected chi connectivity index (χ4v) is 1.36. The number of rotatable bonds is 3. The number of carboxylic acids is 1. The van der Waals surface area contributed by atoms with Gasteiger partial charge in [-0.05, 0) is 24.3 Å².